The van der Waals surface area contributed by atoms with Crippen molar-refractivity contribution < 1.29 is 9.13 Å². The number of ether oxygens (including phenoxy) is 1. The number of hydrogen-bond donors (Lipinski definition) is 0. The summed E-state index contributed by atoms with van der Waals surface area (Å²) in [6.45, 7) is 6.85. The third kappa shape index (κ3) is 2.71. The fourth-order valence-corrected chi connectivity index (χ4v) is 1.43. The lowest BCUT2D eigenvalue weighted by Gasteiger charge is -2.19. The quantitative estimate of drug-likeness (QED) is 0.733. The summed E-state index contributed by atoms with van der Waals surface area (Å²) in [5.74, 6) is 0.408. The molecule has 2 rings (SSSR count). The molecule has 1 aliphatic rings. The molecule has 0 aliphatic heterocycles. The summed E-state index contributed by atoms with van der Waals surface area (Å²) in [6, 6.07) is 1.77. The molecule has 0 bridgehead atoms. The molecule has 0 aromatic carbocycles. The largest absolute Gasteiger partial charge is 0.488 e. The van der Waals surface area contributed by atoms with Gasteiger partial charge in [0.2, 0.25) is 0 Å². The lowest BCUT2D eigenvalue weighted by Crippen LogP contribution is -2.13. The molecule has 0 unspecified atom stereocenters. The standard InChI is InChI=1S/C13H18FNO/c1-13(2,3)10-6-11(12(14)15-7-10)16-8-9-4-5-9/h6-7,9H,4-5,8H2,1-3H3. The van der Waals surface area contributed by atoms with Crippen LogP contribution in [-0.4, -0.2) is 11.6 Å². The fraction of sp³-hybridized carbons (Fsp3) is 0.615. The first-order chi connectivity index (χ1) is 7.47. The van der Waals surface area contributed by atoms with E-state index in [1.807, 2.05) is 0 Å². The third-order valence-electron chi connectivity index (χ3n) is 2.84. The molecular formula is C13H18FNO. The van der Waals surface area contributed by atoms with E-state index in [9.17, 15) is 4.39 Å². The van der Waals surface area contributed by atoms with Crippen LogP contribution in [0.4, 0.5) is 4.39 Å². The van der Waals surface area contributed by atoms with Crippen LogP contribution in [0.3, 0.4) is 0 Å². The molecule has 3 heteroatoms. The Kier molecular flexibility index (Phi) is 2.87. The highest BCUT2D eigenvalue weighted by Gasteiger charge is 2.23. The van der Waals surface area contributed by atoms with Crippen LogP contribution < -0.4 is 4.74 Å². The van der Waals surface area contributed by atoms with Crippen LogP contribution in [-0.2, 0) is 5.41 Å². The normalized spacial score (nSPS) is 16.2. The molecular weight excluding hydrogens is 205 g/mol. The van der Waals surface area contributed by atoms with Crippen LogP contribution >= 0.6 is 0 Å². The number of rotatable bonds is 3. The van der Waals surface area contributed by atoms with Gasteiger partial charge in [-0.05, 0) is 35.8 Å². The first kappa shape index (κ1) is 11.4. The molecule has 0 N–H and O–H groups in total. The average molecular weight is 223 g/mol. The Morgan fingerprint density at radius 3 is 2.69 bits per heavy atom. The van der Waals surface area contributed by atoms with Crippen molar-refractivity contribution in [1.82, 2.24) is 4.98 Å². The highest BCUT2D eigenvalue weighted by Crippen LogP contribution is 2.31. The minimum absolute atomic E-state index is 0.0294. The molecule has 16 heavy (non-hydrogen) atoms. The average Bonchev–Trinajstić information content (AvgIpc) is 2.98. The van der Waals surface area contributed by atoms with Crippen molar-refractivity contribution in [3.05, 3.63) is 23.8 Å². The zero-order chi connectivity index (χ0) is 11.8. The second-order valence-corrected chi connectivity index (χ2v) is 5.52. The first-order valence-corrected chi connectivity index (χ1v) is 5.75. The summed E-state index contributed by atoms with van der Waals surface area (Å²) >= 11 is 0. The Morgan fingerprint density at radius 2 is 2.12 bits per heavy atom. The first-order valence-electron chi connectivity index (χ1n) is 5.75. The number of halogens is 1. The molecule has 0 radical (unpaired) electrons. The summed E-state index contributed by atoms with van der Waals surface area (Å²) in [7, 11) is 0. The van der Waals surface area contributed by atoms with Crippen molar-refractivity contribution >= 4 is 0 Å². The third-order valence-corrected chi connectivity index (χ3v) is 2.84. The summed E-state index contributed by atoms with van der Waals surface area (Å²) < 4.78 is 18.9. The maximum atomic E-state index is 13.4. The van der Waals surface area contributed by atoms with Crippen LogP contribution in [0, 0.1) is 11.9 Å². The highest BCUT2D eigenvalue weighted by atomic mass is 19.1. The SMILES string of the molecule is CC(C)(C)c1cnc(F)c(OCC2CC2)c1. The molecule has 1 aromatic heterocycles. The van der Waals surface area contributed by atoms with E-state index in [0.717, 1.165) is 5.56 Å². The van der Waals surface area contributed by atoms with Crippen LogP contribution in [0.5, 0.6) is 5.75 Å². The van der Waals surface area contributed by atoms with Crippen LogP contribution in [0.15, 0.2) is 12.3 Å². The van der Waals surface area contributed by atoms with Gasteiger partial charge in [-0.2, -0.15) is 4.39 Å². The van der Waals surface area contributed by atoms with Gasteiger partial charge < -0.3 is 4.74 Å². The molecule has 2 nitrogen and oxygen atoms in total. The van der Waals surface area contributed by atoms with Crippen molar-refractivity contribution in [2.24, 2.45) is 5.92 Å². The van der Waals surface area contributed by atoms with Crippen molar-refractivity contribution in [2.45, 2.75) is 39.0 Å². The Bertz CT molecular complexity index is 380. The van der Waals surface area contributed by atoms with E-state index in [0.29, 0.717) is 18.3 Å². The van der Waals surface area contributed by atoms with E-state index in [1.54, 1.807) is 12.3 Å². The van der Waals surface area contributed by atoms with Gasteiger partial charge in [-0.3, -0.25) is 0 Å². The highest BCUT2D eigenvalue weighted by molar-refractivity contribution is 5.29. The second-order valence-electron chi connectivity index (χ2n) is 5.52. The minimum Gasteiger partial charge on any atom is -0.488 e. The monoisotopic (exact) mass is 223 g/mol. The van der Waals surface area contributed by atoms with Crippen molar-refractivity contribution in [1.29, 1.82) is 0 Å². The topological polar surface area (TPSA) is 22.1 Å². The predicted octanol–water partition coefficient (Wildman–Crippen LogP) is 3.31. The number of nitrogens with zero attached hydrogens (tertiary/aromatic N) is 1. The molecule has 0 spiro atoms. The van der Waals surface area contributed by atoms with Gasteiger partial charge in [0.05, 0.1) is 6.61 Å². The van der Waals surface area contributed by atoms with E-state index in [2.05, 4.69) is 25.8 Å². The maximum Gasteiger partial charge on any atom is 0.255 e. The van der Waals surface area contributed by atoms with Crippen LogP contribution in [0.2, 0.25) is 0 Å². The van der Waals surface area contributed by atoms with E-state index in [-0.39, 0.29) is 5.41 Å². The predicted molar refractivity (Wildman–Crippen MR) is 61.1 cm³/mol. The van der Waals surface area contributed by atoms with Crippen molar-refractivity contribution in [3.8, 4) is 5.75 Å². The number of pyridine rings is 1. The lowest BCUT2D eigenvalue weighted by molar-refractivity contribution is 0.280. The fourth-order valence-electron chi connectivity index (χ4n) is 1.43. The summed E-state index contributed by atoms with van der Waals surface area (Å²) in [6.07, 6.45) is 3.99. The van der Waals surface area contributed by atoms with Gasteiger partial charge in [0.15, 0.2) is 5.75 Å². The zero-order valence-electron chi connectivity index (χ0n) is 10.1. The molecule has 0 amide bonds. The molecule has 1 aromatic rings. The Labute approximate surface area is 95.8 Å². The van der Waals surface area contributed by atoms with Crippen molar-refractivity contribution in [2.75, 3.05) is 6.61 Å². The van der Waals surface area contributed by atoms with Gasteiger partial charge in [-0.15, -0.1) is 0 Å². The smallest absolute Gasteiger partial charge is 0.255 e. The van der Waals surface area contributed by atoms with Gasteiger partial charge >= 0.3 is 0 Å². The zero-order valence-corrected chi connectivity index (χ0v) is 10.1. The molecule has 88 valence electrons. The Balaban J connectivity index is 2.14. The van der Waals surface area contributed by atoms with E-state index in [1.165, 1.54) is 12.8 Å². The summed E-state index contributed by atoms with van der Waals surface area (Å²) in [4.78, 5) is 3.75. The number of aromatic nitrogens is 1. The van der Waals surface area contributed by atoms with E-state index in [4.69, 9.17) is 4.74 Å². The van der Waals surface area contributed by atoms with Crippen LogP contribution in [0.1, 0.15) is 39.2 Å². The summed E-state index contributed by atoms with van der Waals surface area (Å²) in [5.41, 5.74) is 0.970. The number of hydrogen-bond acceptors (Lipinski definition) is 2. The lowest BCUT2D eigenvalue weighted by atomic mass is 9.88. The molecule has 1 fully saturated rings. The summed E-state index contributed by atoms with van der Waals surface area (Å²) in [5, 5.41) is 0. The van der Waals surface area contributed by atoms with Gasteiger partial charge in [-0.1, -0.05) is 20.8 Å². The van der Waals surface area contributed by atoms with E-state index >= 15 is 0 Å². The molecule has 1 heterocycles. The Morgan fingerprint density at radius 1 is 1.44 bits per heavy atom. The van der Waals surface area contributed by atoms with Crippen molar-refractivity contribution in [3.63, 3.8) is 0 Å². The minimum atomic E-state index is -0.506. The van der Waals surface area contributed by atoms with Gasteiger partial charge in [0.25, 0.3) is 5.95 Å². The molecule has 0 atom stereocenters. The van der Waals surface area contributed by atoms with Crippen LogP contribution in [0.25, 0.3) is 0 Å². The maximum absolute atomic E-state index is 13.4. The molecule has 1 aliphatic carbocycles. The Hall–Kier alpha value is -1.12. The molecule has 1 saturated carbocycles. The van der Waals surface area contributed by atoms with Gasteiger partial charge in [0.1, 0.15) is 0 Å². The van der Waals surface area contributed by atoms with E-state index < -0.39 is 5.95 Å². The van der Waals surface area contributed by atoms with Gasteiger partial charge in [0, 0.05) is 6.20 Å². The second kappa shape index (κ2) is 4.04. The molecule has 0 saturated heterocycles. The van der Waals surface area contributed by atoms with Gasteiger partial charge in [-0.25, -0.2) is 4.98 Å².